The lowest BCUT2D eigenvalue weighted by atomic mass is 9.70. The smallest absolute Gasteiger partial charge is 0.177 e. The van der Waals surface area contributed by atoms with Gasteiger partial charge in [-0.2, -0.15) is 0 Å². The third-order valence-corrected chi connectivity index (χ3v) is 6.03. The summed E-state index contributed by atoms with van der Waals surface area (Å²) < 4.78 is 12.3. The van der Waals surface area contributed by atoms with Gasteiger partial charge in [-0.05, 0) is 55.4 Å². The summed E-state index contributed by atoms with van der Waals surface area (Å²) in [5, 5.41) is 0. The van der Waals surface area contributed by atoms with Gasteiger partial charge in [0.25, 0.3) is 0 Å². The summed E-state index contributed by atoms with van der Waals surface area (Å²) in [6.07, 6.45) is 6.85. The predicted octanol–water partition coefficient (Wildman–Crippen LogP) is 4.15. The van der Waals surface area contributed by atoms with Gasteiger partial charge in [-0.3, -0.25) is 0 Å². The van der Waals surface area contributed by atoms with Crippen LogP contribution in [-0.2, 0) is 9.47 Å². The largest absolute Gasteiger partial charge is 0.343 e. The summed E-state index contributed by atoms with van der Waals surface area (Å²) in [5.41, 5.74) is 0.213. The minimum Gasteiger partial charge on any atom is -0.343 e. The number of hydrogen-bond donors (Lipinski definition) is 0. The summed E-state index contributed by atoms with van der Waals surface area (Å²) in [6, 6.07) is 0. The molecule has 1 unspecified atom stereocenters. The molecule has 0 aromatic carbocycles. The van der Waals surface area contributed by atoms with Crippen molar-refractivity contribution >= 4 is 0 Å². The molecule has 0 N–H and O–H groups in total. The molecule has 3 aliphatic rings. The van der Waals surface area contributed by atoms with Gasteiger partial charge in [-0.1, -0.05) is 33.8 Å². The van der Waals surface area contributed by atoms with Crippen LogP contribution >= 0.6 is 0 Å². The molecule has 2 aliphatic carbocycles. The van der Waals surface area contributed by atoms with E-state index in [4.69, 9.17) is 9.47 Å². The fourth-order valence-electron chi connectivity index (χ4n) is 5.16. The van der Waals surface area contributed by atoms with Gasteiger partial charge in [0, 0.05) is 0 Å². The van der Waals surface area contributed by atoms with Crippen molar-refractivity contribution in [3.8, 4) is 0 Å². The second-order valence-electron chi connectivity index (χ2n) is 7.89. The van der Waals surface area contributed by atoms with Crippen LogP contribution in [0.1, 0.15) is 53.4 Å². The molecule has 0 radical (unpaired) electrons. The summed E-state index contributed by atoms with van der Waals surface area (Å²) in [6.45, 7) is 13.4. The Bertz CT molecular complexity index is 375. The maximum absolute atomic E-state index is 6.18. The fraction of sp³-hybridized carbons (Fsp3) is 0.882. The molecule has 108 valence electrons. The standard InChI is InChI=1S/C17H28O2/c1-6-15-18-14-9-12-11(2)7-8-13(12)16(3,4)10-17(14,5)19-15/h6,11-15H,1,7-10H2,2-5H3/t11-,12?,13-,14+,15-,17-/m1/s1. The third kappa shape index (κ3) is 2.08. The van der Waals surface area contributed by atoms with Gasteiger partial charge in [-0.25, -0.2) is 0 Å². The van der Waals surface area contributed by atoms with E-state index in [1.165, 1.54) is 12.8 Å². The molecule has 1 aliphatic heterocycles. The lowest BCUT2D eigenvalue weighted by molar-refractivity contribution is -0.0728. The van der Waals surface area contributed by atoms with Gasteiger partial charge in [0.2, 0.25) is 0 Å². The van der Waals surface area contributed by atoms with E-state index < -0.39 is 0 Å². The van der Waals surface area contributed by atoms with E-state index in [-0.39, 0.29) is 18.0 Å². The summed E-state index contributed by atoms with van der Waals surface area (Å²) in [7, 11) is 0. The molecule has 2 saturated carbocycles. The molecule has 1 saturated heterocycles. The van der Waals surface area contributed by atoms with E-state index in [1.807, 2.05) is 0 Å². The molecule has 3 rings (SSSR count). The highest BCUT2D eigenvalue weighted by Gasteiger charge is 2.56. The van der Waals surface area contributed by atoms with Crippen molar-refractivity contribution in [2.75, 3.05) is 0 Å². The molecule has 2 heteroatoms. The van der Waals surface area contributed by atoms with Crippen molar-refractivity contribution in [2.45, 2.75) is 71.4 Å². The Balaban J connectivity index is 1.92. The first-order chi connectivity index (χ1) is 8.86. The van der Waals surface area contributed by atoms with Crippen LogP contribution in [-0.4, -0.2) is 18.0 Å². The van der Waals surface area contributed by atoms with Crippen LogP contribution in [0.5, 0.6) is 0 Å². The number of rotatable bonds is 1. The molecular weight excluding hydrogens is 236 g/mol. The van der Waals surface area contributed by atoms with E-state index in [0.717, 1.165) is 30.6 Å². The Labute approximate surface area is 117 Å². The maximum Gasteiger partial charge on any atom is 0.177 e. The van der Waals surface area contributed by atoms with Crippen molar-refractivity contribution < 1.29 is 9.47 Å². The molecular formula is C17H28O2. The summed E-state index contributed by atoms with van der Waals surface area (Å²) in [4.78, 5) is 0. The van der Waals surface area contributed by atoms with E-state index in [0.29, 0.717) is 5.41 Å². The molecule has 2 nitrogen and oxygen atoms in total. The lowest BCUT2D eigenvalue weighted by Gasteiger charge is -2.38. The van der Waals surface area contributed by atoms with Crippen molar-refractivity contribution in [3.63, 3.8) is 0 Å². The Hall–Kier alpha value is -0.340. The first kappa shape index (κ1) is 13.6. The zero-order valence-electron chi connectivity index (χ0n) is 12.8. The normalized spacial score (nSPS) is 52.3. The highest BCUT2D eigenvalue weighted by atomic mass is 16.7. The number of ether oxygens (including phenoxy) is 2. The van der Waals surface area contributed by atoms with E-state index in [1.54, 1.807) is 6.08 Å². The van der Waals surface area contributed by atoms with Gasteiger partial charge in [0.05, 0.1) is 11.7 Å². The van der Waals surface area contributed by atoms with Crippen LogP contribution < -0.4 is 0 Å². The van der Waals surface area contributed by atoms with Gasteiger partial charge in [0.1, 0.15) is 0 Å². The SMILES string of the molecule is C=C[C@@H]1O[C@H]2CC3[C@H](C)CC[C@H]3C(C)(C)C[C@@]2(C)O1. The highest BCUT2D eigenvalue weighted by Crippen LogP contribution is 2.57. The van der Waals surface area contributed by atoms with Crippen molar-refractivity contribution in [2.24, 2.45) is 23.2 Å². The first-order valence-electron chi connectivity index (χ1n) is 7.81. The van der Waals surface area contributed by atoms with Crippen molar-refractivity contribution in [1.29, 1.82) is 0 Å². The number of hydrogen-bond acceptors (Lipinski definition) is 2. The second kappa shape index (κ2) is 4.33. The van der Waals surface area contributed by atoms with Crippen LogP contribution in [0.3, 0.4) is 0 Å². The molecule has 0 aromatic rings. The first-order valence-corrected chi connectivity index (χ1v) is 7.81. The van der Waals surface area contributed by atoms with Crippen LogP contribution in [0.15, 0.2) is 12.7 Å². The van der Waals surface area contributed by atoms with Crippen LogP contribution in [0.25, 0.3) is 0 Å². The Morgan fingerprint density at radius 1 is 1.21 bits per heavy atom. The third-order valence-electron chi connectivity index (χ3n) is 6.03. The fourth-order valence-corrected chi connectivity index (χ4v) is 5.16. The zero-order valence-corrected chi connectivity index (χ0v) is 12.8. The second-order valence-corrected chi connectivity index (χ2v) is 7.89. The van der Waals surface area contributed by atoms with Crippen molar-refractivity contribution in [1.82, 2.24) is 0 Å². The highest BCUT2D eigenvalue weighted by molar-refractivity contribution is 5.05. The van der Waals surface area contributed by atoms with Gasteiger partial charge in [0.15, 0.2) is 6.29 Å². The topological polar surface area (TPSA) is 18.5 Å². The van der Waals surface area contributed by atoms with Crippen LogP contribution in [0.2, 0.25) is 0 Å². The minimum absolute atomic E-state index is 0.133. The molecule has 0 amide bonds. The summed E-state index contributed by atoms with van der Waals surface area (Å²) in [5.74, 6) is 2.46. The predicted molar refractivity (Wildman–Crippen MR) is 76.7 cm³/mol. The van der Waals surface area contributed by atoms with Crippen LogP contribution in [0.4, 0.5) is 0 Å². The van der Waals surface area contributed by atoms with E-state index >= 15 is 0 Å². The average molecular weight is 264 g/mol. The van der Waals surface area contributed by atoms with E-state index in [9.17, 15) is 0 Å². The zero-order chi connectivity index (χ0) is 13.8. The van der Waals surface area contributed by atoms with E-state index in [2.05, 4.69) is 34.3 Å². The molecule has 3 fully saturated rings. The van der Waals surface area contributed by atoms with Gasteiger partial charge < -0.3 is 9.47 Å². The van der Waals surface area contributed by atoms with Gasteiger partial charge >= 0.3 is 0 Å². The Morgan fingerprint density at radius 2 is 1.95 bits per heavy atom. The Morgan fingerprint density at radius 3 is 2.63 bits per heavy atom. The van der Waals surface area contributed by atoms with Gasteiger partial charge in [-0.15, -0.1) is 0 Å². The molecule has 0 bridgehead atoms. The molecule has 6 atom stereocenters. The monoisotopic (exact) mass is 264 g/mol. The average Bonchev–Trinajstić information content (AvgIpc) is 2.80. The maximum atomic E-state index is 6.18. The van der Waals surface area contributed by atoms with Crippen molar-refractivity contribution in [3.05, 3.63) is 12.7 Å². The van der Waals surface area contributed by atoms with Crippen LogP contribution in [0, 0.1) is 23.2 Å². The molecule has 1 heterocycles. The summed E-state index contributed by atoms with van der Waals surface area (Å²) >= 11 is 0. The molecule has 0 spiro atoms. The quantitative estimate of drug-likeness (QED) is 0.662. The Kier molecular flexibility index (Phi) is 3.10. The minimum atomic E-state index is -0.209. The molecule has 0 aromatic heterocycles. The molecule has 19 heavy (non-hydrogen) atoms. The number of fused-ring (bicyclic) bond motifs is 2. The lowest BCUT2D eigenvalue weighted by Crippen LogP contribution is -2.39.